The number of benzene rings is 3. The summed E-state index contributed by atoms with van der Waals surface area (Å²) in [6.45, 7) is 3.16. The summed E-state index contributed by atoms with van der Waals surface area (Å²) in [4.78, 5) is 2.51. The van der Waals surface area contributed by atoms with E-state index in [2.05, 4.69) is 71.6 Å². The number of rotatable bonds is 2. The van der Waals surface area contributed by atoms with Gasteiger partial charge in [0.25, 0.3) is 0 Å². The predicted octanol–water partition coefficient (Wildman–Crippen LogP) is 4.36. The van der Waals surface area contributed by atoms with Gasteiger partial charge >= 0.3 is 0 Å². The summed E-state index contributed by atoms with van der Waals surface area (Å²) in [5, 5.41) is 2.71. The lowest BCUT2D eigenvalue weighted by atomic mass is 10.0. The molecule has 0 amide bonds. The second-order valence-electron chi connectivity index (χ2n) is 5.60. The summed E-state index contributed by atoms with van der Waals surface area (Å²) in [5.74, 6) is 0. The SMILES string of the molecule is c1ccc(CN2Cc3cc4ccccc4cc3C2)cc1. The van der Waals surface area contributed by atoms with Crippen molar-refractivity contribution >= 4 is 10.8 Å². The van der Waals surface area contributed by atoms with Crippen LogP contribution in [0.2, 0.25) is 0 Å². The Morgan fingerprint density at radius 2 is 1.25 bits per heavy atom. The molecule has 0 saturated heterocycles. The van der Waals surface area contributed by atoms with Crippen molar-refractivity contribution < 1.29 is 0 Å². The molecule has 1 heterocycles. The molecule has 0 fully saturated rings. The van der Waals surface area contributed by atoms with Crippen LogP contribution in [0.25, 0.3) is 10.8 Å². The highest BCUT2D eigenvalue weighted by molar-refractivity contribution is 5.84. The second kappa shape index (κ2) is 4.77. The fourth-order valence-corrected chi connectivity index (χ4v) is 3.12. The number of fused-ring (bicyclic) bond motifs is 2. The van der Waals surface area contributed by atoms with E-state index < -0.39 is 0 Å². The van der Waals surface area contributed by atoms with Crippen molar-refractivity contribution in [2.75, 3.05) is 0 Å². The monoisotopic (exact) mass is 259 g/mol. The molecule has 3 aromatic carbocycles. The van der Waals surface area contributed by atoms with Crippen LogP contribution in [0.15, 0.2) is 66.7 Å². The molecule has 0 unspecified atom stereocenters. The third-order valence-electron chi connectivity index (χ3n) is 4.10. The van der Waals surface area contributed by atoms with Gasteiger partial charge in [-0.25, -0.2) is 0 Å². The molecule has 0 atom stereocenters. The van der Waals surface area contributed by atoms with Gasteiger partial charge in [-0.3, -0.25) is 4.90 Å². The standard InChI is InChI=1S/C19H17N/c1-2-6-15(7-3-1)12-20-13-18-10-16-8-4-5-9-17(16)11-19(18)14-20/h1-11H,12-14H2. The fourth-order valence-electron chi connectivity index (χ4n) is 3.12. The predicted molar refractivity (Wildman–Crippen MR) is 83.3 cm³/mol. The van der Waals surface area contributed by atoms with Crippen molar-refractivity contribution in [3.63, 3.8) is 0 Å². The lowest BCUT2D eigenvalue weighted by molar-refractivity contribution is 0.275. The molecule has 1 heteroatoms. The first-order valence-corrected chi connectivity index (χ1v) is 7.15. The van der Waals surface area contributed by atoms with Crippen molar-refractivity contribution in [3.8, 4) is 0 Å². The molecule has 0 N–H and O–H groups in total. The molecule has 98 valence electrons. The molecule has 0 bridgehead atoms. The molecule has 0 aliphatic carbocycles. The van der Waals surface area contributed by atoms with E-state index in [1.165, 1.54) is 27.5 Å². The minimum atomic E-state index is 1.03. The highest BCUT2D eigenvalue weighted by atomic mass is 15.1. The molecular formula is C19H17N. The normalized spacial score (nSPS) is 14.6. The van der Waals surface area contributed by atoms with E-state index in [0.717, 1.165) is 19.6 Å². The van der Waals surface area contributed by atoms with Crippen LogP contribution < -0.4 is 0 Å². The maximum absolute atomic E-state index is 2.51. The largest absolute Gasteiger partial charge is 0.291 e. The number of nitrogens with zero attached hydrogens (tertiary/aromatic N) is 1. The smallest absolute Gasteiger partial charge is 0.0244 e. The Hall–Kier alpha value is -2.12. The third kappa shape index (κ3) is 2.10. The first kappa shape index (κ1) is 11.7. The van der Waals surface area contributed by atoms with Gasteiger partial charge in [0.1, 0.15) is 0 Å². The molecule has 0 radical (unpaired) electrons. The summed E-state index contributed by atoms with van der Waals surface area (Å²) >= 11 is 0. The molecule has 1 nitrogen and oxygen atoms in total. The Kier molecular flexibility index (Phi) is 2.79. The third-order valence-corrected chi connectivity index (χ3v) is 4.10. The summed E-state index contributed by atoms with van der Waals surface area (Å²) in [6, 6.07) is 24.1. The quantitative estimate of drug-likeness (QED) is 0.661. The Balaban J connectivity index is 1.61. The van der Waals surface area contributed by atoms with Crippen LogP contribution in [0, 0.1) is 0 Å². The van der Waals surface area contributed by atoms with Crippen molar-refractivity contribution in [2.24, 2.45) is 0 Å². The van der Waals surface area contributed by atoms with E-state index in [-0.39, 0.29) is 0 Å². The zero-order chi connectivity index (χ0) is 13.4. The summed E-state index contributed by atoms with van der Waals surface area (Å²) in [5.41, 5.74) is 4.36. The fraction of sp³-hybridized carbons (Fsp3) is 0.158. The summed E-state index contributed by atoms with van der Waals surface area (Å²) in [7, 11) is 0. The average molecular weight is 259 g/mol. The second-order valence-corrected chi connectivity index (χ2v) is 5.60. The zero-order valence-corrected chi connectivity index (χ0v) is 11.4. The molecule has 1 aliphatic heterocycles. The van der Waals surface area contributed by atoms with Gasteiger partial charge in [0.15, 0.2) is 0 Å². The van der Waals surface area contributed by atoms with Crippen molar-refractivity contribution in [1.29, 1.82) is 0 Å². The van der Waals surface area contributed by atoms with Gasteiger partial charge in [0.2, 0.25) is 0 Å². The van der Waals surface area contributed by atoms with E-state index in [1.807, 2.05) is 0 Å². The Morgan fingerprint density at radius 3 is 1.85 bits per heavy atom. The molecular weight excluding hydrogens is 242 g/mol. The van der Waals surface area contributed by atoms with E-state index in [1.54, 1.807) is 0 Å². The Bertz CT molecular complexity index is 702. The zero-order valence-electron chi connectivity index (χ0n) is 11.4. The van der Waals surface area contributed by atoms with Crippen molar-refractivity contribution in [3.05, 3.63) is 83.4 Å². The van der Waals surface area contributed by atoms with Gasteiger partial charge in [-0.05, 0) is 39.6 Å². The lowest BCUT2D eigenvalue weighted by Gasteiger charge is -2.14. The molecule has 0 spiro atoms. The number of hydrogen-bond donors (Lipinski definition) is 0. The maximum Gasteiger partial charge on any atom is 0.0244 e. The molecule has 0 saturated carbocycles. The molecule has 1 aliphatic rings. The van der Waals surface area contributed by atoms with Gasteiger partial charge in [-0.15, -0.1) is 0 Å². The van der Waals surface area contributed by atoms with Gasteiger partial charge in [-0.1, -0.05) is 54.6 Å². The van der Waals surface area contributed by atoms with Gasteiger partial charge < -0.3 is 0 Å². The van der Waals surface area contributed by atoms with E-state index in [9.17, 15) is 0 Å². The van der Waals surface area contributed by atoms with Crippen LogP contribution in [0.1, 0.15) is 16.7 Å². The van der Waals surface area contributed by atoms with E-state index in [4.69, 9.17) is 0 Å². The first-order valence-electron chi connectivity index (χ1n) is 7.15. The summed E-state index contributed by atoms with van der Waals surface area (Å²) < 4.78 is 0. The van der Waals surface area contributed by atoms with Crippen LogP contribution in [-0.2, 0) is 19.6 Å². The van der Waals surface area contributed by atoms with Gasteiger partial charge in [0, 0.05) is 19.6 Å². The van der Waals surface area contributed by atoms with Crippen molar-refractivity contribution in [1.82, 2.24) is 4.90 Å². The topological polar surface area (TPSA) is 3.24 Å². The molecule has 0 aromatic heterocycles. The minimum Gasteiger partial charge on any atom is -0.291 e. The van der Waals surface area contributed by atoms with Crippen LogP contribution in [-0.4, -0.2) is 4.90 Å². The number of hydrogen-bond acceptors (Lipinski definition) is 1. The van der Waals surface area contributed by atoms with Crippen LogP contribution in [0.4, 0.5) is 0 Å². The lowest BCUT2D eigenvalue weighted by Crippen LogP contribution is -2.15. The van der Waals surface area contributed by atoms with Crippen LogP contribution in [0.5, 0.6) is 0 Å². The molecule has 20 heavy (non-hydrogen) atoms. The Morgan fingerprint density at radius 1 is 0.700 bits per heavy atom. The van der Waals surface area contributed by atoms with Crippen molar-refractivity contribution in [2.45, 2.75) is 19.6 Å². The highest BCUT2D eigenvalue weighted by Gasteiger charge is 2.19. The maximum atomic E-state index is 2.51. The molecule has 3 aromatic rings. The summed E-state index contributed by atoms with van der Waals surface area (Å²) in [6.07, 6.45) is 0. The Labute approximate surface area is 119 Å². The van der Waals surface area contributed by atoms with Crippen LogP contribution >= 0.6 is 0 Å². The van der Waals surface area contributed by atoms with Gasteiger partial charge in [0.05, 0.1) is 0 Å². The minimum absolute atomic E-state index is 1.03. The van der Waals surface area contributed by atoms with E-state index >= 15 is 0 Å². The van der Waals surface area contributed by atoms with Gasteiger partial charge in [-0.2, -0.15) is 0 Å². The van der Waals surface area contributed by atoms with E-state index in [0.29, 0.717) is 0 Å². The first-order chi connectivity index (χ1) is 9.88. The van der Waals surface area contributed by atoms with Crippen LogP contribution in [0.3, 0.4) is 0 Å². The average Bonchev–Trinajstić information content (AvgIpc) is 2.86. The highest BCUT2D eigenvalue weighted by Crippen LogP contribution is 2.28. The molecule has 4 rings (SSSR count).